The van der Waals surface area contributed by atoms with Crippen molar-refractivity contribution in [3.63, 3.8) is 0 Å². The van der Waals surface area contributed by atoms with Gasteiger partial charge < -0.3 is 20.1 Å². The third kappa shape index (κ3) is 3.84. The highest BCUT2D eigenvalue weighted by atomic mass is 35.5. The number of halogens is 1. The number of hydrogen-bond acceptors (Lipinski definition) is 4. The van der Waals surface area contributed by atoms with E-state index in [9.17, 15) is 4.79 Å². The first-order valence-electron chi connectivity index (χ1n) is 6.57. The summed E-state index contributed by atoms with van der Waals surface area (Å²) in [6.45, 7) is 1.92. The highest BCUT2D eigenvalue weighted by Crippen LogP contribution is 2.35. The van der Waals surface area contributed by atoms with Crippen molar-refractivity contribution in [1.82, 2.24) is 5.32 Å². The van der Waals surface area contributed by atoms with Crippen molar-refractivity contribution in [2.45, 2.75) is 13.0 Å². The summed E-state index contributed by atoms with van der Waals surface area (Å²) in [5.74, 6) is 0.925. The van der Waals surface area contributed by atoms with E-state index in [2.05, 4.69) is 10.6 Å². The lowest BCUT2D eigenvalue weighted by Crippen LogP contribution is -2.30. The molecule has 0 fully saturated rings. The number of thiophene rings is 1. The minimum absolute atomic E-state index is 0.0832. The highest BCUT2D eigenvalue weighted by molar-refractivity contribution is 7.10. The van der Waals surface area contributed by atoms with Crippen LogP contribution in [0, 0.1) is 0 Å². The quantitative estimate of drug-likeness (QED) is 0.853. The molecule has 2 amide bonds. The van der Waals surface area contributed by atoms with Crippen molar-refractivity contribution in [1.29, 1.82) is 0 Å². The second-order valence-corrected chi connectivity index (χ2v) is 5.91. The molecule has 0 aliphatic heterocycles. The lowest BCUT2D eigenvalue weighted by molar-refractivity contribution is 0.249. The smallest absolute Gasteiger partial charge is 0.319 e. The van der Waals surface area contributed by atoms with Crippen LogP contribution in [-0.4, -0.2) is 20.3 Å². The Hall–Kier alpha value is -1.92. The van der Waals surface area contributed by atoms with Gasteiger partial charge >= 0.3 is 6.03 Å². The number of hydrogen-bond donors (Lipinski definition) is 2. The van der Waals surface area contributed by atoms with E-state index in [4.69, 9.17) is 21.1 Å². The topological polar surface area (TPSA) is 59.6 Å². The highest BCUT2D eigenvalue weighted by Gasteiger charge is 2.14. The van der Waals surface area contributed by atoms with Crippen LogP contribution in [0.25, 0.3) is 0 Å². The SMILES string of the molecule is COc1cc(NC(=O)NC(C)c2cccs2)c(OC)cc1Cl. The van der Waals surface area contributed by atoms with Crippen molar-refractivity contribution >= 4 is 34.7 Å². The fraction of sp³-hybridized carbons (Fsp3) is 0.267. The molecule has 22 heavy (non-hydrogen) atoms. The average Bonchev–Trinajstić information content (AvgIpc) is 3.02. The van der Waals surface area contributed by atoms with Crippen LogP contribution in [0.4, 0.5) is 10.5 Å². The maximum absolute atomic E-state index is 12.1. The zero-order valence-electron chi connectivity index (χ0n) is 12.5. The lowest BCUT2D eigenvalue weighted by Gasteiger charge is -2.16. The second kappa shape index (κ2) is 7.38. The number of nitrogens with one attached hydrogen (secondary N) is 2. The van der Waals surface area contributed by atoms with Crippen LogP contribution in [0.1, 0.15) is 17.8 Å². The molecule has 1 atom stereocenters. The summed E-state index contributed by atoms with van der Waals surface area (Å²) in [5, 5.41) is 8.00. The first-order valence-corrected chi connectivity index (χ1v) is 7.83. The largest absolute Gasteiger partial charge is 0.495 e. The van der Waals surface area contributed by atoms with Gasteiger partial charge in [0.05, 0.1) is 31.0 Å². The van der Waals surface area contributed by atoms with Gasteiger partial charge in [0.25, 0.3) is 0 Å². The summed E-state index contributed by atoms with van der Waals surface area (Å²) in [5.41, 5.74) is 0.486. The second-order valence-electron chi connectivity index (χ2n) is 4.52. The molecule has 118 valence electrons. The Balaban J connectivity index is 2.10. The van der Waals surface area contributed by atoms with Gasteiger partial charge in [0.15, 0.2) is 0 Å². The van der Waals surface area contributed by atoms with Gasteiger partial charge in [-0.25, -0.2) is 4.79 Å². The van der Waals surface area contributed by atoms with E-state index in [0.29, 0.717) is 22.2 Å². The number of benzene rings is 1. The normalized spacial score (nSPS) is 11.6. The molecule has 0 saturated heterocycles. The molecule has 7 heteroatoms. The Morgan fingerprint density at radius 1 is 1.27 bits per heavy atom. The number of methoxy groups -OCH3 is 2. The zero-order valence-corrected chi connectivity index (χ0v) is 14.0. The monoisotopic (exact) mass is 340 g/mol. The van der Waals surface area contributed by atoms with E-state index < -0.39 is 0 Å². The van der Waals surface area contributed by atoms with E-state index in [1.165, 1.54) is 14.2 Å². The predicted molar refractivity (Wildman–Crippen MR) is 89.4 cm³/mol. The minimum atomic E-state index is -0.330. The molecular weight excluding hydrogens is 324 g/mol. The van der Waals surface area contributed by atoms with Crippen LogP contribution in [0.15, 0.2) is 29.6 Å². The van der Waals surface area contributed by atoms with Crippen molar-refractivity contribution in [3.05, 3.63) is 39.5 Å². The van der Waals surface area contributed by atoms with Gasteiger partial charge in [-0.05, 0) is 18.4 Å². The molecule has 2 rings (SSSR count). The van der Waals surface area contributed by atoms with E-state index >= 15 is 0 Å². The first-order chi connectivity index (χ1) is 10.5. The third-order valence-corrected chi connectivity index (χ3v) is 4.39. The van der Waals surface area contributed by atoms with Gasteiger partial charge in [-0.1, -0.05) is 17.7 Å². The van der Waals surface area contributed by atoms with Gasteiger partial charge in [-0.2, -0.15) is 0 Å². The summed E-state index contributed by atoms with van der Waals surface area (Å²) in [4.78, 5) is 13.2. The van der Waals surface area contributed by atoms with Gasteiger partial charge in [0.2, 0.25) is 0 Å². The number of urea groups is 1. The van der Waals surface area contributed by atoms with E-state index in [0.717, 1.165) is 4.88 Å². The van der Waals surface area contributed by atoms with Crippen molar-refractivity contribution in [2.24, 2.45) is 0 Å². The van der Waals surface area contributed by atoms with Crippen LogP contribution in [0.5, 0.6) is 11.5 Å². The van der Waals surface area contributed by atoms with Crippen molar-refractivity contribution < 1.29 is 14.3 Å². The molecule has 1 unspecified atom stereocenters. The number of ether oxygens (including phenoxy) is 2. The van der Waals surface area contributed by atoms with Crippen LogP contribution in [0.3, 0.4) is 0 Å². The summed E-state index contributed by atoms with van der Waals surface area (Å²) in [7, 11) is 3.02. The van der Waals surface area contributed by atoms with Gasteiger partial charge in [0, 0.05) is 17.0 Å². The van der Waals surface area contributed by atoms with E-state index in [-0.39, 0.29) is 12.1 Å². The van der Waals surface area contributed by atoms with E-state index in [1.54, 1.807) is 23.5 Å². The molecule has 0 spiro atoms. The predicted octanol–water partition coefficient (Wildman–Crippen LogP) is 4.30. The molecule has 1 heterocycles. The summed E-state index contributed by atoms with van der Waals surface area (Å²) in [6.07, 6.45) is 0. The molecule has 5 nitrogen and oxygen atoms in total. The van der Waals surface area contributed by atoms with Crippen LogP contribution >= 0.6 is 22.9 Å². The Morgan fingerprint density at radius 2 is 2.00 bits per heavy atom. The molecule has 2 aromatic rings. The average molecular weight is 341 g/mol. The number of carbonyl (C=O) groups excluding carboxylic acids is 1. The van der Waals surface area contributed by atoms with Gasteiger partial charge in [-0.3, -0.25) is 0 Å². The van der Waals surface area contributed by atoms with Crippen molar-refractivity contribution in [3.8, 4) is 11.5 Å². The minimum Gasteiger partial charge on any atom is -0.495 e. The third-order valence-electron chi connectivity index (χ3n) is 3.04. The Bertz CT molecular complexity index is 646. The standard InChI is InChI=1S/C15H17ClN2O3S/c1-9(14-5-4-6-22-14)17-15(19)18-11-8-12(20-2)10(16)7-13(11)21-3/h4-9H,1-3H3,(H2,17,18,19). The molecule has 0 radical (unpaired) electrons. The number of rotatable bonds is 5. The Labute approximate surface area is 138 Å². The van der Waals surface area contributed by atoms with Crippen LogP contribution in [0.2, 0.25) is 5.02 Å². The number of anilines is 1. The van der Waals surface area contributed by atoms with Crippen molar-refractivity contribution in [2.75, 3.05) is 19.5 Å². The maximum atomic E-state index is 12.1. The summed E-state index contributed by atoms with van der Waals surface area (Å²) >= 11 is 7.63. The fourth-order valence-electron chi connectivity index (χ4n) is 1.92. The Kier molecular flexibility index (Phi) is 5.51. The molecule has 0 saturated carbocycles. The molecule has 2 N–H and O–H groups in total. The van der Waals surface area contributed by atoms with Crippen LogP contribution < -0.4 is 20.1 Å². The van der Waals surface area contributed by atoms with Crippen LogP contribution in [-0.2, 0) is 0 Å². The Morgan fingerprint density at radius 3 is 2.59 bits per heavy atom. The fourth-order valence-corrected chi connectivity index (χ4v) is 2.89. The number of amides is 2. The molecule has 0 bridgehead atoms. The molecule has 0 aliphatic rings. The lowest BCUT2D eigenvalue weighted by atomic mass is 10.2. The zero-order chi connectivity index (χ0) is 16.1. The van der Waals surface area contributed by atoms with E-state index in [1.807, 2.05) is 24.4 Å². The van der Waals surface area contributed by atoms with Gasteiger partial charge in [0.1, 0.15) is 11.5 Å². The molecule has 1 aromatic carbocycles. The molecule has 0 aliphatic carbocycles. The summed E-state index contributed by atoms with van der Waals surface area (Å²) < 4.78 is 10.4. The molecular formula is C15H17ClN2O3S. The summed E-state index contributed by atoms with van der Waals surface area (Å²) in [6, 6.07) is 6.73. The molecule has 1 aromatic heterocycles. The first kappa shape index (κ1) is 16.5. The number of carbonyl (C=O) groups is 1. The van der Waals surface area contributed by atoms with Gasteiger partial charge in [-0.15, -0.1) is 11.3 Å². The maximum Gasteiger partial charge on any atom is 0.319 e.